The molecule has 1 aromatic carbocycles. The zero-order chi connectivity index (χ0) is 14.1. The minimum atomic E-state index is -0.449. The summed E-state index contributed by atoms with van der Waals surface area (Å²) < 4.78 is 5.31. The van der Waals surface area contributed by atoms with Gasteiger partial charge in [-0.25, -0.2) is 4.79 Å². The standard InChI is InChI=1S/C14H16Cl2N2O2/c15-11-3-2-9(5-12(11)16)18-14(19)20-7-10-8-1-4-13(10)17-6-8/h2-3,5,8,10,13,17H,1,4,6-7H2,(H,18,19). The molecular weight excluding hydrogens is 299 g/mol. The van der Waals surface area contributed by atoms with Gasteiger partial charge in [0.05, 0.1) is 16.7 Å². The van der Waals surface area contributed by atoms with E-state index in [1.54, 1.807) is 18.2 Å². The molecule has 0 radical (unpaired) electrons. The predicted octanol–water partition coefficient (Wildman–Crippen LogP) is 3.54. The lowest BCUT2D eigenvalue weighted by Gasteiger charge is -2.15. The lowest BCUT2D eigenvalue weighted by atomic mass is 9.99. The maximum Gasteiger partial charge on any atom is 0.411 e. The molecule has 1 saturated heterocycles. The number of amides is 1. The van der Waals surface area contributed by atoms with Gasteiger partial charge in [-0.2, -0.15) is 0 Å². The Morgan fingerprint density at radius 2 is 2.20 bits per heavy atom. The van der Waals surface area contributed by atoms with Crippen LogP contribution in [-0.4, -0.2) is 25.3 Å². The predicted molar refractivity (Wildman–Crippen MR) is 79.4 cm³/mol. The van der Waals surface area contributed by atoms with Crippen LogP contribution in [0.3, 0.4) is 0 Å². The highest BCUT2D eigenvalue weighted by Crippen LogP contribution is 2.37. The summed E-state index contributed by atoms with van der Waals surface area (Å²) in [6.07, 6.45) is 1.97. The number of hydrogen-bond acceptors (Lipinski definition) is 3. The topological polar surface area (TPSA) is 50.4 Å². The van der Waals surface area contributed by atoms with Gasteiger partial charge in [0.25, 0.3) is 0 Å². The average molecular weight is 315 g/mol. The van der Waals surface area contributed by atoms with Gasteiger partial charge in [0.15, 0.2) is 0 Å². The maximum absolute atomic E-state index is 11.8. The molecule has 108 valence electrons. The van der Waals surface area contributed by atoms with Crippen LogP contribution in [0.25, 0.3) is 0 Å². The van der Waals surface area contributed by atoms with Gasteiger partial charge in [0.1, 0.15) is 0 Å². The highest BCUT2D eigenvalue weighted by molar-refractivity contribution is 6.42. The Bertz CT molecular complexity index is 504. The van der Waals surface area contributed by atoms with Crippen molar-refractivity contribution in [2.75, 3.05) is 18.5 Å². The van der Waals surface area contributed by atoms with Crippen molar-refractivity contribution >= 4 is 35.0 Å². The Morgan fingerprint density at radius 1 is 1.35 bits per heavy atom. The molecule has 0 aromatic heterocycles. The van der Waals surface area contributed by atoms with Gasteiger partial charge < -0.3 is 10.1 Å². The van der Waals surface area contributed by atoms with Crippen molar-refractivity contribution < 1.29 is 9.53 Å². The SMILES string of the molecule is O=C(Nc1ccc(Cl)c(Cl)c1)OCC1C2CCC1NC2. The third kappa shape index (κ3) is 2.87. The number of fused-ring (bicyclic) bond motifs is 2. The zero-order valence-electron chi connectivity index (χ0n) is 10.9. The fourth-order valence-corrected chi connectivity index (χ4v) is 3.41. The Morgan fingerprint density at radius 3 is 2.80 bits per heavy atom. The van der Waals surface area contributed by atoms with E-state index >= 15 is 0 Å². The van der Waals surface area contributed by atoms with Gasteiger partial charge in [0.2, 0.25) is 0 Å². The molecule has 1 saturated carbocycles. The molecule has 2 N–H and O–H groups in total. The van der Waals surface area contributed by atoms with Crippen molar-refractivity contribution in [1.29, 1.82) is 0 Å². The van der Waals surface area contributed by atoms with Gasteiger partial charge in [-0.05, 0) is 43.5 Å². The molecule has 20 heavy (non-hydrogen) atoms. The normalized spacial score (nSPS) is 27.6. The Labute approximate surface area is 127 Å². The number of anilines is 1. The van der Waals surface area contributed by atoms with Crippen LogP contribution in [-0.2, 0) is 4.74 Å². The number of piperidine rings is 1. The quantitative estimate of drug-likeness (QED) is 0.897. The highest BCUT2D eigenvalue weighted by Gasteiger charge is 2.41. The van der Waals surface area contributed by atoms with E-state index in [0.717, 1.165) is 6.54 Å². The van der Waals surface area contributed by atoms with Crippen LogP contribution < -0.4 is 10.6 Å². The Hall–Kier alpha value is -0.970. The van der Waals surface area contributed by atoms with Crippen LogP contribution in [0.15, 0.2) is 18.2 Å². The molecule has 2 aliphatic rings. The second-order valence-corrected chi connectivity index (χ2v) is 6.18. The zero-order valence-corrected chi connectivity index (χ0v) is 12.4. The average Bonchev–Trinajstić information content (AvgIpc) is 3.00. The van der Waals surface area contributed by atoms with E-state index in [1.165, 1.54) is 12.8 Å². The summed E-state index contributed by atoms with van der Waals surface area (Å²) in [5.41, 5.74) is 0.580. The Kier molecular flexibility index (Phi) is 4.06. The number of benzene rings is 1. The molecular formula is C14H16Cl2N2O2. The molecule has 3 unspecified atom stereocenters. The number of hydrogen-bond donors (Lipinski definition) is 2. The smallest absolute Gasteiger partial charge is 0.411 e. The van der Waals surface area contributed by atoms with Gasteiger partial charge in [-0.1, -0.05) is 23.2 Å². The number of halogens is 2. The van der Waals surface area contributed by atoms with Gasteiger partial charge >= 0.3 is 6.09 Å². The van der Waals surface area contributed by atoms with Crippen molar-refractivity contribution in [3.8, 4) is 0 Å². The summed E-state index contributed by atoms with van der Waals surface area (Å²) in [6.45, 7) is 1.52. The number of nitrogens with one attached hydrogen (secondary N) is 2. The van der Waals surface area contributed by atoms with E-state index in [-0.39, 0.29) is 0 Å². The molecule has 1 amide bonds. The third-order valence-electron chi connectivity index (χ3n) is 4.19. The molecule has 2 fully saturated rings. The van der Waals surface area contributed by atoms with E-state index in [0.29, 0.717) is 40.2 Å². The van der Waals surface area contributed by atoms with Crippen molar-refractivity contribution in [3.63, 3.8) is 0 Å². The van der Waals surface area contributed by atoms with Crippen LogP contribution in [0.5, 0.6) is 0 Å². The second kappa shape index (κ2) is 5.80. The summed E-state index contributed by atoms with van der Waals surface area (Å²) in [7, 11) is 0. The van der Waals surface area contributed by atoms with Crippen molar-refractivity contribution in [2.45, 2.75) is 18.9 Å². The minimum Gasteiger partial charge on any atom is -0.449 e. The van der Waals surface area contributed by atoms with E-state index in [1.807, 2.05) is 0 Å². The first-order valence-electron chi connectivity index (χ1n) is 6.75. The fourth-order valence-electron chi connectivity index (χ4n) is 3.11. The minimum absolute atomic E-state index is 0.405. The van der Waals surface area contributed by atoms with Crippen LogP contribution >= 0.6 is 23.2 Å². The number of carbonyl (C=O) groups is 1. The summed E-state index contributed by atoms with van der Waals surface area (Å²) in [4.78, 5) is 11.8. The van der Waals surface area contributed by atoms with Crippen molar-refractivity contribution in [1.82, 2.24) is 5.32 Å². The molecule has 4 nitrogen and oxygen atoms in total. The molecule has 3 atom stereocenters. The summed E-state index contributed by atoms with van der Waals surface area (Å²) >= 11 is 11.7. The second-order valence-electron chi connectivity index (χ2n) is 5.37. The van der Waals surface area contributed by atoms with Crippen molar-refractivity contribution in [3.05, 3.63) is 28.2 Å². The monoisotopic (exact) mass is 314 g/mol. The molecule has 1 aliphatic heterocycles. The van der Waals surface area contributed by atoms with Gasteiger partial charge in [-0.15, -0.1) is 0 Å². The van der Waals surface area contributed by atoms with Gasteiger partial charge in [0, 0.05) is 17.6 Å². The first-order valence-corrected chi connectivity index (χ1v) is 7.51. The number of carbonyl (C=O) groups excluding carboxylic acids is 1. The lowest BCUT2D eigenvalue weighted by Crippen LogP contribution is -2.28. The third-order valence-corrected chi connectivity index (χ3v) is 4.92. The molecule has 1 heterocycles. The molecule has 2 bridgehead atoms. The molecule has 0 spiro atoms. The summed E-state index contributed by atoms with van der Waals surface area (Å²) in [5.74, 6) is 1.10. The highest BCUT2D eigenvalue weighted by atomic mass is 35.5. The van der Waals surface area contributed by atoms with E-state index < -0.39 is 6.09 Å². The van der Waals surface area contributed by atoms with Crippen LogP contribution in [0.4, 0.5) is 10.5 Å². The van der Waals surface area contributed by atoms with Gasteiger partial charge in [-0.3, -0.25) is 5.32 Å². The summed E-state index contributed by atoms with van der Waals surface area (Å²) in [5, 5.41) is 6.97. The molecule has 3 rings (SSSR count). The van der Waals surface area contributed by atoms with Crippen molar-refractivity contribution in [2.24, 2.45) is 11.8 Å². The number of ether oxygens (including phenoxy) is 1. The summed E-state index contributed by atoms with van der Waals surface area (Å²) in [6, 6.07) is 5.45. The van der Waals surface area contributed by atoms with Crippen LogP contribution in [0.1, 0.15) is 12.8 Å². The molecule has 1 aliphatic carbocycles. The van der Waals surface area contributed by atoms with Crippen LogP contribution in [0.2, 0.25) is 10.0 Å². The Balaban J connectivity index is 1.51. The largest absolute Gasteiger partial charge is 0.449 e. The van der Waals surface area contributed by atoms with Crippen LogP contribution in [0, 0.1) is 11.8 Å². The maximum atomic E-state index is 11.8. The lowest BCUT2D eigenvalue weighted by molar-refractivity contribution is 0.134. The fraction of sp³-hybridized carbons (Fsp3) is 0.500. The van der Waals surface area contributed by atoms with E-state index in [2.05, 4.69) is 10.6 Å². The van der Waals surface area contributed by atoms with E-state index in [9.17, 15) is 4.79 Å². The molecule has 1 aromatic rings. The first-order chi connectivity index (χ1) is 9.63. The molecule has 6 heteroatoms. The number of rotatable bonds is 3. The first kappa shape index (κ1) is 14.0. The van der Waals surface area contributed by atoms with E-state index in [4.69, 9.17) is 27.9 Å².